The number of thiocyanates is 1. The largest absolute Gasteiger partial charge is 0.373 e. The molecule has 0 aromatic heterocycles. The fourth-order valence-electron chi connectivity index (χ4n) is 3.18. The van der Waals surface area contributed by atoms with E-state index in [1.165, 1.54) is 4.90 Å². The van der Waals surface area contributed by atoms with Crippen molar-refractivity contribution in [1.82, 2.24) is 4.90 Å². The molecule has 3 heterocycles. The Kier molecular flexibility index (Phi) is 2.60. The highest BCUT2D eigenvalue weighted by Crippen LogP contribution is 2.48. The molecule has 0 radical (unpaired) electrons. The Labute approximate surface area is 103 Å². The number of amides is 2. The Morgan fingerprint density at radius 3 is 2.41 bits per heavy atom. The minimum atomic E-state index is -0.242. The van der Waals surface area contributed by atoms with Crippen LogP contribution in [0.2, 0.25) is 0 Å². The number of rotatable bonds is 3. The van der Waals surface area contributed by atoms with Gasteiger partial charge in [0.25, 0.3) is 0 Å². The summed E-state index contributed by atoms with van der Waals surface area (Å²) in [5, 5.41) is 10.4. The van der Waals surface area contributed by atoms with Crippen molar-refractivity contribution < 1.29 is 14.3 Å². The molecule has 3 aliphatic rings. The fraction of sp³-hybridized carbons (Fsp3) is 0.727. The summed E-state index contributed by atoms with van der Waals surface area (Å²) in [4.78, 5) is 25.6. The van der Waals surface area contributed by atoms with Gasteiger partial charge in [0.2, 0.25) is 11.8 Å². The first-order valence-corrected chi connectivity index (χ1v) is 6.74. The third-order valence-corrected chi connectivity index (χ3v) is 4.37. The molecular formula is C11H12N2O3S. The Bertz CT molecular complexity index is 391. The van der Waals surface area contributed by atoms with E-state index in [2.05, 4.69) is 0 Å². The molecule has 2 bridgehead atoms. The van der Waals surface area contributed by atoms with Crippen molar-refractivity contribution in [2.24, 2.45) is 11.8 Å². The van der Waals surface area contributed by atoms with Gasteiger partial charge in [0.05, 0.1) is 24.0 Å². The van der Waals surface area contributed by atoms with Crippen LogP contribution in [0.15, 0.2) is 0 Å². The minimum absolute atomic E-state index is 0.0462. The molecule has 0 spiro atoms. The Morgan fingerprint density at radius 1 is 1.29 bits per heavy atom. The van der Waals surface area contributed by atoms with Crippen LogP contribution in [0.1, 0.15) is 12.8 Å². The van der Waals surface area contributed by atoms with Gasteiger partial charge in [0.1, 0.15) is 5.40 Å². The van der Waals surface area contributed by atoms with Gasteiger partial charge in [-0.25, -0.2) is 0 Å². The van der Waals surface area contributed by atoms with E-state index < -0.39 is 0 Å². The number of nitriles is 1. The van der Waals surface area contributed by atoms with Crippen molar-refractivity contribution in [3.63, 3.8) is 0 Å². The second kappa shape index (κ2) is 4.00. The molecule has 2 amide bonds. The number of carbonyl (C=O) groups is 2. The number of thioether (sulfide) groups is 1. The van der Waals surface area contributed by atoms with Crippen molar-refractivity contribution in [3.05, 3.63) is 0 Å². The minimum Gasteiger partial charge on any atom is -0.373 e. The normalized spacial score (nSPS) is 38.6. The van der Waals surface area contributed by atoms with Gasteiger partial charge >= 0.3 is 0 Å². The van der Waals surface area contributed by atoms with E-state index in [0.29, 0.717) is 12.3 Å². The standard InChI is InChI=1S/C11H12N2O3S/c12-5-17-4-3-13-10(14)8-6-1-2-7(16-6)9(8)11(13)15/h6-9H,1-4H2/t6-,7+,8-,9-/m1/s1. The predicted molar refractivity (Wildman–Crippen MR) is 59.7 cm³/mol. The first kappa shape index (κ1) is 11.1. The van der Waals surface area contributed by atoms with Crippen LogP contribution in [0.25, 0.3) is 0 Å². The fourth-order valence-corrected chi connectivity index (χ4v) is 3.54. The lowest BCUT2D eigenvalue weighted by molar-refractivity contribution is -0.142. The molecule has 0 aliphatic carbocycles. The molecular weight excluding hydrogens is 240 g/mol. The van der Waals surface area contributed by atoms with Crippen LogP contribution < -0.4 is 0 Å². The number of imide groups is 1. The number of nitrogens with zero attached hydrogens (tertiary/aromatic N) is 2. The van der Waals surface area contributed by atoms with Gasteiger partial charge in [0.15, 0.2) is 0 Å². The summed E-state index contributed by atoms with van der Waals surface area (Å²) in [6, 6.07) is 0. The van der Waals surface area contributed by atoms with Crippen molar-refractivity contribution >= 4 is 23.6 Å². The van der Waals surface area contributed by atoms with Crippen LogP contribution in [0.5, 0.6) is 0 Å². The molecule has 4 atom stereocenters. The second-order valence-electron chi connectivity index (χ2n) is 4.61. The maximum atomic E-state index is 12.1. The summed E-state index contributed by atoms with van der Waals surface area (Å²) in [6.07, 6.45) is 1.70. The highest BCUT2D eigenvalue weighted by molar-refractivity contribution is 8.03. The van der Waals surface area contributed by atoms with E-state index in [1.54, 1.807) is 0 Å². The zero-order chi connectivity index (χ0) is 12.0. The van der Waals surface area contributed by atoms with E-state index in [9.17, 15) is 9.59 Å². The van der Waals surface area contributed by atoms with Gasteiger partial charge in [-0.05, 0) is 24.6 Å². The number of hydrogen-bond acceptors (Lipinski definition) is 5. The van der Waals surface area contributed by atoms with Crippen molar-refractivity contribution in [3.8, 4) is 5.40 Å². The summed E-state index contributed by atoms with van der Waals surface area (Å²) >= 11 is 1.07. The SMILES string of the molecule is N#CSCCN1C(=O)[C@H]2[C@H](C1=O)[C@H]1CC[C@@H]2O1. The number of fused-ring (bicyclic) bond motifs is 5. The summed E-state index contributed by atoms with van der Waals surface area (Å²) in [6.45, 7) is 0.350. The van der Waals surface area contributed by atoms with E-state index in [1.807, 2.05) is 5.40 Å². The summed E-state index contributed by atoms with van der Waals surface area (Å²) in [7, 11) is 0. The predicted octanol–water partition coefficient (Wildman–Crippen LogP) is 0.363. The number of likely N-dealkylation sites (tertiary alicyclic amines) is 1. The molecule has 90 valence electrons. The third kappa shape index (κ3) is 1.49. The average molecular weight is 252 g/mol. The highest BCUT2D eigenvalue weighted by Gasteiger charge is 2.62. The molecule has 5 nitrogen and oxygen atoms in total. The smallest absolute Gasteiger partial charge is 0.235 e. The monoisotopic (exact) mass is 252 g/mol. The molecule has 3 rings (SSSR count). The Hall–Kier alpha value is -1.06. The van der Waals surface area contributed by atoms with Crippen LogP contribution in [0, 0.1) is 22.5 Å². The Morgan fingerprint density at radius 2 is 1.88 bits per heavy atom. The molecule has 0 N–H and O–H groups in total. The van der Waals surface area contributed by atoms with Gasteiger partial charge < -0.3 is 4.74 Å². The van der Waals surface area contributed by atoms with E-state index in [4.69, 9.17) is 10.00 Å². The molecule has 3 aliphatic heterocycles. The van der Waals surface area contributed by atoms with Crippen molar-refractivity contribution in [2.45, 2.75) is 25.0 Å². The zero-order valence-corrected chi connectivity index (χ0v) is 9.98. The van der Waals surface area contributed by atoms with Crippen molar-refractivity contribution in [1.29, 1.82) is 5.26 Å². The molecule has 0 unspecified atom stereocenters. The van der Waals surface area contributed by atoms with Gasteiger partial charge in [0, 0.05) is 12.3 Å². The van der Waals surface area contributed by atoms with Crippen LogP contribution in [0.3, 0.4) is 0 Å². The first-order chi connectivity index (χ1) is 8.24. The summed E-state index contributed by atoms with van der Waals surface area (Å²) in [5.41, 5.74) is 0. The van der Waals surface area contributed by atoms with Crippen LogP contribution in [-0.2, 0) is 14.3 Å². The van der Waals surface area contributed by atoms with Gasteiger partial charge in [-0.1, -0.05) is 0 Å². The van der Waals surface area contributed by atoms with E-state index in [-0.39, 0.29) is 35.9 Å². The van der Waals surface area contributed by atoms with Gasteiger partial charge in [-0.2, -0.15) is 5.26 Å². The van der Waals surface area contributed by atoms with E-state index >= 15 is 0 Å². The molecule has 0 saturated carbocycles. The molecule has 6 heteroatoms. The topological polar surface area (TPSA) is 70.4 Å². The molecule has 3 fully saturated rings. The van der Waals surface area contributed by atoms with E-state index in [0.717, 1.165) is 24.6 Å². The molecule has 17 heavy (non-hydrogen) atoms. The maximum Gasteiger partial charge on any atom is 0.235 e. The molecule has 0 aromatic rings. The molecule has 0 aromatic carbocycles. The number of hydrogen-bond donors (Lipinski definition) is 0. The number of ether oxygens (including phenoxy) is 1. The lowest BCUT2D eigenvalue weighted by atomic mass is 9.81. The van der Waals surface area contributed by atoms with Gasteiger partial charge in [-0.3, -0.25) is 14.5 Å². The summed E-state index contributed by atoms with van der Waals surface area (Å²) < 4.78 is 5.63. The summed E-state index contributed by atoms with van der Waals surface area (Å²) in [5.74, 6) is -0.179. The Balaban J connectivity index is 1.75. The van der Waals surface area contributed by atoms with Crippen LogP contribution in [0.4, 0.5) is 0 Å². The molecule has 3 saturated heterocycles. The highest BCUT2D eigenvalue weighted by atomic mass is 32.2. The first-order valence-electron chi connectivity index (χ1n) is 5.75. The van der Waals surface area contributed by atoms with Crippen LogP contribution >= 0.6 is 11.8 Å². The van der Waals surface area contributed by atoms with Crippen LogP contribution in [-0.4, -0.2) is 41.2 Å². The maximum absolute atomic E-state index is 12.1. The van der Waals surface area contributed by atoms with Crippen molar-refractivity contribution in [2.75, 3.05) is 12.3 Å². The lowest BCUT2D eigenvalue weighted by Gasteiger charge is -2.16. The quantitative estimate of drug-likeness (QED) is 0.412. The second-order valence-corrected chi connectivity index (χ2v) is 5.49. The third-order valence-electron chi connectivity index (χ3n) is 3.86. The lowest BCUT2D eigenvalue weighted by Crippen LogP contribution is -2.35. The number of carbonyl (C=O) groups excluding carboxylic acids is 2. The zero-order valence-electron chi connectivity index (χ0n) is 9.17. The van der Waals surface area contributed by atoms with Gasteiger partial charge in [-0.15, -0.1) is 0 Å². The average Bonchev–Trinajstić information content (AvgIpc) is 2.97.